The van der Waals surface area contributed by atoms with Gasteiger partial charge in [0.25, 0.3) is 5.91 Å². The van der Waals surface area contributed by atoms with Gasteiger partial charge in [0.1, 0.15) is 5.75 Å². The number of hydrogen-bond donors (Lipinski definition) is 2. The molecule has 0 unspecified atom stereocenters. The van der Waals surface area contributed by atoms with Gasteiger partial charge in [-0.25, -0.2) is 13.1 Å². The van der Waals surface area contributed by atoms with Crippen molar-refractivity contribution in [1.82, 2.24) is 10.0 Å². The number of carbonyl (C=O) groups excluding carboxylic acids is 1. The lowest BCUT2D eigenvalue weighted by Crippen LogP contribution is -2.31. The summed E-state index contributed by atoms with van der Waals surface area (Å²) >= 11 is 0. The highest BCUT2D eigenvalue weighted by atomic mass is 32.2. The minimum Gasteiger partial charge on any atom is -0.496 e. The molecule has 0 aliphatic heterocycles. The Morgan fingerprint density at radius 1 is 0.966 bits per heavy atom. The van der Waals surface area contributed by atoms with Crippen molar-refractivity contribution in [2.45, 2.75) is 58.5 Å². The Morgan fingerprint density at radius 2 is 1.59 bits per heavy atom. The van der Waals surface area contributed by atoms with Gasteiger partial charge in [-0.05, 0) is 82.0 Å². The Kier molecular flexibility index (Phi) is 7.08. The van der Waals surface area contributed by atoms with E-state index >= 15 is 0 Å². The van der Waals surface area contributed by atoms with E-state index in [1.54, 1.807) is 0 Å². The molecule has 0 saturated heterocycles. The molecule has 0 aliphatic carbocycles. The summed E-state index contributed by atoms with van der Waals surface area (Å²) in [6, 6.07) is 7.83. The van der Waals surface area contributed by atoms with Crippen LogP contribution in [0.1, 0.15) is 59.4 Å². The quantitative estimate of drug-likeness (QED) is 0.716. The van der Waals surface area contributed by atoms with Crippen molar-refractivity contribution in [1.29, 1.82) is 0 Å². The van der Waals surface area contributed by atoms with Crippen LogP contribution in [0.15, 0.2) is 35.2 Å². The van der Waals surface area contributed by atoms with Crippen LogP contribution in [-0.2, 0) is 10.0 Å². The lowest BCUT2D eigenvalue weighted by molar-refractivity contribution is 0.0940. The number of sulfonamides is 1. The predicted octanol–water partition coefficient (Wildman–Crippen LogP) is 3.80. The number of rotatable bonds is 7. The maximum atomic E-state index is 13.0. The fourth-order valence-electron chi connectivity index (χ4n) is 3.19. The van der Waals surface area contributed by atoms with Gasteiger partial charge >= 0.3 is 0 Å². The normalized spacial score (nSPS) is 12.7. The van der Waals surface area contributed by atoms with Crippen molar-refractivity contribution in [3.8, 4) is 5.75 Å². The smallest absolute Gasteiger partial charge is 0.255 e. The van der Waals surface area contributed by atoms with Crippen LogP contribution < -0.4 is 14.8 Å². The summed E-state index contributed by atoms with van der Waals surface area (Å²) < 4.78 is 33.9. The zero-order chi connectivity index (χ0) is 21.9. The first-order valence-electron chi connectivity index (χ1n) is 9.55. The highest BCUT2D eigenvalue weighted by molar-refractivity contribution is 7.89. The number of benzene rings is 2. The molecule has 6 nitrogen and oxygen atoms in total. The van der Waals surface area contributed by atoms with Crippen LogP contribution in [0.2, 0.25) is 0 Å². The third-order valence-corrected chi connectivity index (χ3v) is 6.36. The first-order chi connectivity index (χ1) is 13.5. The second kappa shape index (κ2) is 8.97. The van der Waals surface area contributed by atoms with Gasteiger partial charge in [-0.2, -0.15) is 0 Å². The van der Waals surface area contributed by atoms with Crippen LogP contribution in [0.25, 0.3) is 0 Å². The van der Waals surface area contributed by atoms with E-state index in [-0.39, 0.29) is 22.4 Å². The molecule has 1 amide bonds. The Balaban J connectivity index is 2.38. The molecular weight excluding hydrogens is 388 g/mol. The summed E-state index contributed by atoms with van der Waals surface area (Å²) in [5.41, 5.74) is 4.39. The molecule has 2 aromatic rings. The highest BCUT2D eigenvalue weighted by Crippen LogP contribution is 2.26. The molecule has 0 bridgehead atoms. The van der Waals surface area contributed by atoms with E-state index in [2.05, 4.69) is 16.1 Å². The molecule has 0 heterocycles. The first-order valence-corrected chi connectivity index (χ1v) is 11.0. The van der Waals surface area contributed by atoms with E-state index < -0.39 is 16.1 Å². The van der Waals surface area contributed by atoms with Gasteiger partial charge in [-0.1, -0.05) is 12.1 Å². The second-order valence-electron chi connectivity index (χ2n) is 7.63. The third kappa shape index (κ3) is 5.36. The van der Waals surface area contributed by atoms with Crippen molar-refractivity contribution >= 4 is 15.9 Å². The summed E-state index contributed by atoms with van der Waals surface area (Å²) in [5, 5.41) is 2.76. The maximum absolute atomic E-state index is 13.0. The number of ether oxygens (including phenoxy) is 1. The minimum atomic E-state index is -3.84. The standard InChI is InChI=1S/C22H30N2O4S/c1-13(2)23-22(25)20-12-18(8-9-21(20)28-7)29(26,27)24-17(6)19-11-15(4)14(3)10-16(19)5/h8-13,17,24H,1-7H3,(H,23,25)/t17-/m1/s1. The molecule has 2 rings (SSSR count). The topological polar surface area (TPSA) is 84.5 Å². The molecular formula is C22H30N2O4S. The zero-order valence-electron chi connectivity index (χ0n) is 18.1. The van der Waals surface area contributed by atoms with E-state index in [0.29, 0.717) is 5.75 Å². The van der Waals surface area contributed by atoms with Crippen molar-refractivity contribution < 1.29 is 17.9 Å². The molecule has 158 valence electrons. The predicted molar refractivity (Wildman–Crippen MR) is 115 cm³/mol. The lowest BCUT2D eigenvalue weighted by Gasteiger charge is -2.19. The van der Waals surface area contributed by atoms with Crippen LogP contribution in [0.5, 0.6) is 5.75 Å². The number of methoxy groups -OCH3 is 1. The van der Waals surface area contributed by atoms with E-state index in [4.69, 9.17) is 4.74 Å². The summed E-state index contributed by atoms with van der Waals surface area (Å²) in [7, 11) is -2.40. The molecule has 0 aromatic heterocycles. The summed E-state index contributed by atoms with van der Waals surface area (Å²) in [5.74, 6) is -0.0629. The Morgan fingerprint density at radius 3 is 2.17 bits per heavy atom. The fraction of sp³-hybridized carbons (Fsp3) is 0.409. The van der Waals surface area contributed by atoms with Crippen LogP contribution in [0.4, 0.5) is 0 Å². The number of carbonyl (C=O) groups is 1. The Labute approximate surface area is 173 Å². The van der Waals surface area contributed by atoms with Gasteiger partial charge < -0.3 is 10.1 Å². The largest absolute Gasteiger partial charge is 0.496 e. The van der Waals surface area contributed by atoms with E-state index in [9.17, 15) is 13.2 Å². The average Bonchev–Trinajstić information content (AvgIpc) is 2.63. The van der Waals surface area contributed by atoms with E-state index in [1.807, 2.05) is 47.6 Å². The molecule has 0 radical (unpaired) electrons. The summed E-state index contributed by atoms with van der Waals surface area (Å²) in [6.45, 7) is 11.5. The lowest BCUT2D eigenvalue weighted by atomic mass is 9.97. The molecule has 7 heteroatoms. The Bertz CT molecular complexity index is 1010. The number of hydrogen-bond acceptors (Lipinski definition) is 4. The fourth-order valence-corrected chi connectivity index (χ4v) is 4.43. The van der Waals surface area contributed by atoms with E-state index in [0.717, 1.165) is 22.3 Å². The third-order valence-electron chi connectivity index (χ3n) is 4.83. The zero-order valence-corrected chi connectivity index (χ0v) is 18.9. The first kappa shape index (κ1) is 22.9. The van der Waals surface area contributed by atoms with Crippen LogP contribution in [0.3, 0.4) is 0 Å². The summed E-state index contributed by atoms with van der Waals surface area (Å²) in [4.78, 5) is 12.5. The molecule has 2 N–H and O–H groups in total. The average molecular weight is 419 g/mol. The molecule has 0 aliphatic rings. The minimum absolute atomic E-state index is 0.0144. The molecule has 1 atom stereocenters. The van der Waals surface area contributed by atoms with Crippen molar-refractivity contribution in [2.75, 3.05) is 7.11 Å². The Hall–Kier alpha value is -2.38. The molecule has 0 fully saturated rings. The number of amides is 1. The van der Waals surface area contributed by atoms with Gasteiger partial charge in [0.2, 0.25) is 10.0 Å². The number of aryl methyl sites for hydroxylation is 3. The van der Waals surface area contributed by atoms with Crippen molar-refractivity contribution in [2.24, 2.45) is 0 Å². The van der Waals surface area contributed by atoms with Crippen molar-refractivity contribution in [3.63, 3.8) is 0 Å². The van der Waals surface area contributed by atoms with Crippen LogP contribution in [0, 0.1) is 20.8 Å². The van der Waals surface area contributed by atoms with Crippen LogP contribution >= 0.6 is 0 Å². The van der Waals surface area contributed by atoms with Crippen molar-refractivity contribution in [3.05, 3.63) is 58.1 Å². The highest BCUT2D eigenvalue weighted by Gasteiger charge is 2.23. The molecule has 0 saturated carbocycles. The van der Waals surface area contributed by atoms with Gasteiger partial charge in [-0.3, -0.25) is 4.79 Å². The van der Waals surface area contributed by atoms with Gasteiger partial charge in [0.15, 0.2) is 0 Å². The van der Waals surface area contributed by atoms with Gasteiger partial charge in [-0.15, -0.1) is 0 Å². The molecule has 29 heavy (non-hydrogen) atoms. The molecule has 2 aromatic carbocycles. The van der Waals surface area contributed by atoms with E-state index in [1.165, 1.54) is 25.3 Å². The van der Waals surface area contributed by atoms with Crippen LogP contribution in [-0.4, -0.2) is 27.5 Å². The maximum Gasteiger partial charge on any atom is 0.255 e. The summed E-state index contributed by atoms with van der Waals surface area (Å²) in [6.07, 6.45) is 0. The van der Waals surface area contributed by atoms with Gasteiger partial charge in [0, 0.05) is 12.1 Å². The second-order valence-corrected chi connectivity index (χ2v) is 9.34. The molecule has 0 spiro atoms. The monoisotopic (exact) mass is 418 g/mol. The van der Waals surface area contributed by atoms with Gasteiger partial charge in [0.05, 0.1) is 17.6 Å². The SMILES string of the molecule is COc1ccc(S(=O)(=O)N[C@H](C)c2cc(C)c(C)cc2C)cc1C(=O)NC(C)C. The number of nitrogens with one attached hydrogen (secondary N) is 2.